The third-order valence-corrected chi connectivity index (χ3v) is 4.00. The number of methoxy groups -OCH3 is 1. The highest BCUT2D eigenvalue weighted by molar-refractivity contribution is 5.76. The van der Waals surface area contributed by atoms with Crippen LogP contribution in [0.25, 0.3) is 5.57 Å². The highest BCUT2D eigenvalue weighted by atomic mass is 16.5. The van der Waals surface area contributed by atoms with Gasteiger partial charge in [0.15, 0.2) is 0 Å². The maximum absolute atomic E-state index is 5.53. The summed E-state index contributed by atoms with van der Waals surface area (Å²) in [6.45, 7) is 3.83. The molecule has 126 valence electrons. The molecule has 0 saturated heterocycles. The van der Waals surface area contributed by atoms with Crippen LogP contribution in [-0.4, -0.2) is 49.2 Å². The number of nitrogens with zero attached hydrogens (tertiary/aromatic N) is 3. The standard InChI is InChI=1S/C18H23N5O/c1-12-9-17(19-2)22-18(20-12)21-14-5-6-16(24-4)15(10-14)13-7-8-23(3)11-13/h5-7,9-10H,8,11H2,1-4H3,(H2,19,20,21,22). The first-order chi connectivity index (χ1) is 11.6. The number of nitrogens with one attached hydrogen (secondary N) is 2. The molecule has 3 rings (SSSR count). The van der Waals surface area contributed by atoms with E-state index in [1.54, 1.807) is 7.11 Å². The van der Waals surface area contributed by atoms with Crippen LogP contribution in [0.3, 0.4) is 0 Å². The van der Waals surface area contributed by atoms with Crippen LogP contribution < -0.4 is 15.4 Å². The Hall–Kier alpha value is -2.60. The highest BCUT2D eigenvalue weighted by Gasteiger charge is 2.16. The summed E-state index contributed by atoms with van der Waals surface area (Å²) in [4.78, 5) is 11.1. The van der Waals surface area contributed by atoms with Gasteiger partial charge in [0.25, 0.3) is 0 Å². The molecule has 0 aliphatic carbocycles. The minimum Gasteiger partial charge on any atom is -0.496 e. The first kappa shape index (κ1) is 16.3. The molecule has 1 aromatic heterocycles. The summed E-state index contributed by atoms with van der Waals surface area (Å²) in [6, 6.07) is 7.95. The van der Waals surface area contributed by atoms with Gasteiger partial charge in [-0.25, -0.2) is 4.98 Å². The van der Waals surface area contributed by atoms with Crippen molar-refractivity contribution in [2.45, 2.75) is 6.92 Å². The summed E-state index contributed by atoms with van der Waals surface area (Å²) in [6.07, 6.45) is 2.24. The van der Waals surface area contributed by atoms with Gasteiger partial charge >= 0.3 is 0 Å². The van der Waals surface area contributed by atoms with Gasteiger partial charge in [0, 0.05) is 43.1 Å². The monoisotopic (exact) mass is 325 g/mol. The Kier molecular flexibility index (Phi) is 4.66. The zero-order valence-corrected chi connectivity index (χ0v) is 14.6. The van der Waals surface area contributed by atoms with Crippen LogP contribution in [0.4, 0.5) is 17.5 Å². The third-order valence-electron chi connectivity index (χ3n) is 4.00. The second-order valence-corrected chi connectivity index (χ2v) is 5.93. The molecule has 0 saturated carbocycles. The number of ether oxygens (including phenoxy) is 1. The van der Waals surface area contributed by atoms with Crippen LogP contribution in [0.2, 0.25) is 0 Å². The highest BCUT2D eigenvalue weighted by Crippen LogP contribution is 2.32. The van der Waals surface area contributed by atoms with Crippen LogP contribution in [0.1, 0.15) is 11.3 Å². The van der Waals surface area contributed by atoms with E-state index >= 15 is 0 Å². The summed E-state index contributed by atoms with van der Waals surface area (Å²) in [5.74, 6) is 2.25. The Labute approximate surface area is 142 Å². The minimum absolute atomic E-state index is 0.577. The van der Waals surface area contributed by atoms with E-state index in [-0.39, 0.29) is 0 Å². The first-order valence-corrected chi connectivity index (χ1v) is 7.95. The van der Waals surface area contributed by atoms with Crippen LogP contribution in [0.15, 0.2) is 30.3 Å². The van der Waals surface area contributed by atoms with E-state index in [9.17, 15) is 0 Å². The fraction of sp³-hybridized carbons (Fsp3) is 0.333. The lowest BCUT2D eigenvalue weighted by Gasteiger charge is -2.14. The smallest absolute Gasteiger partial charge is 0.229 e. The molecule has 6 heteroatoms. The molecule has 0 atom stereocenters. The molecule has 0 spiro atoms. The second-order valence-electron chi connectivity index (χ2n) is 5.93. The van der Waals surface area contributed by atoms with Gasteiger partial charge in [-0.3, -0.25) is 4.90 Å². The molecule has 0 unspecified atom stereocenters. The van der Waals surface area contributed by atoms with Crippen molar-refractivity contribution in [3.05, 3.63) is 41.6 Å². The fourth-order valence-electron chi connectivity index (χ4n) is 2.80. The first-order valence-electron chi connectivity index (χ1n) is 7.95. The molecule has 1 aliphatic heterocycles. The lowest BCUT2D eigenvalue weighted by Crippen LogP contribution is -2.13. The Morgan fingerprint density at radius 1 is 1.21 bits per heavy atom. The molecule has 0 radical (unpaired) electrons. The molecule has 2 N–H and O–H groups in total. The van der Waals surface area contributed by atoms with Crippen molar-refractivity contribution < 1.29 is 4.74 Å². The van der Waals surface area contributed by atoms with Crippen LogP contribution >= 0.6 is 0 Å². The van der Waals surface area contributed by atoms with E-state index in [1.807, 2.05) is 32.2 Å². The van der Waals surface area contributed by atoms with Crippen molar-refractivity contribution in [3.8, 4) is 5.75 Å². The Bertz CT molecular complexity index is 772. The van der Waals surface area contributed by atoms with Crippen molar-refractivity contribution in [3.63, 3.8) is 0 Å². The van der Waals surface area contributed by atoms with E-state index in [2.05, 4.69) is 44.7 Å². The summed E-state index contributed by atoms with van der Waals surface area (Å²) in [5.41, 5.74) is 4.23. The number of aromatic nitrogens is 2. The van der Waals surface area contributed by atoms with Gasteiger partial charge < -0.3 is 15.4 Å². The fourth-order valence-corrected chi connectivity index (χ4v) is 2.80. The van der Waals surface area contributed by atoms with Crippen LogP contribution in [-0.2, 0) is 0 Å². The molecule has 2 heterocycles. The average molecular weight is 325 g/mol. The van der Waals surface area contributed by atoms with E-state index < -0.39 is 0 Å². The normalized spacial score (nSPS) is 14.4. The van der Waals surface area contributed by atoms with Gasteiger partial charge in [-0.15, -0.1) is 0 Å². The van der Waals surface area contributed by atoms with Crippen molar-refractivity contribution >= 4 is 23.0 Å². The summed E-state index contributed by atoms with van der Waals surface area (Å²) < 4.78 is 5.53. The SMILES string of the molecule is CNc1cc(C)nc(Nc2ccc(OC)c(C3=CCN(C)C3)c2)n1. The zero-order chi connectivity index (χ0) is 17.1. The quantitative estimate of drug-likeness (QED) is 0.881. The van der Waals surface area contributed by atoms with Gasteiger partial charge in [-0.2, -0.15) is 4.98 Å². The van der Waals surface area contributed by atoms with Crippen molar-refractivity contribution in [1.29, 1.82) is 0 Å². The maximum atomic E-state index is 5.53. The van der Waals surface area contributed by atoms with Gasteiger partial charge in [0.1, 0.15) is 11.6 Å². The van der Waals surface area contributed by atoms with Crippen molar-refractivity contribution in [2.24, 2.45) is 0 Å². The number of rotatable bonds is 5. The molecule has 6 nitrogen and oxygen atoms in total. The molecule has 24 heavy (non-hydrogen) atoms. The second kappa shape index (κ2) is 6.88. The van der Waals surface area contributed by atoms with Crippen LogP contribution in [0.5, 0.6) is 5.75 Å². The van der Waals surface area contributed by atoms with Gasteiger partial charge in [0.05, 0.1) is 7.11 Å². The Morgan fingerprint density at radius 2 is 2.04 bits per heavy atom. The molecular formula is C18H23N5O. The summed E-state index contributed by atoms with van der Waals surface area (Å²) in [7, 11) is 5.66. The predicted molar refractivity (Wildman–Crippen MR) is 98.1 cm³/mol. The lowest BCUT2D eigenvalue weighted by atomic mass is 10.0. The largest absolute Gasteiger partial charge is 0.496 e. The minimum atomic E-state index is 0.577. The van der Waals surface area contributed by atoms with Crippen molar-refractivity contribution in [1.82, 2.24) is 14.9 Å². The van der Waals surface area contributed by atoms with Gasteiger partial charge in [0.2, 0.25) is 5.95 Å². The summed E-state index contributed by atoms with van der Waals surface area (Å²) in [5, 5.41) is 6.33. The number of hydrogen-bond acceptors (Lipinski definition) is 6. The number of anilines is 3. The molecule has 0 amide bonds. The molecule has 2 aromatic rings. The third kappa shape index (κ3) is 3.49. The Morgan fingerprint density at radius 3 is 2.71 bits per heavy atom. The van der Waals surface area contributed by atoms with Crippen LogP contribution in [0, 0.1) is 6.92 Å². The van der Waals surface area contributed by atoms with E-state index in [1.165, 1.54) is 5.57 Å². The van der Waals surface area contributed by atoms with Gasteiger partial charge in [-0.05, 0) is 37.7 Å². The average Bonchev–Trinajstić information content (AvgIpc) is 3.00. The summed E-state index contributed by atoms with van der Waals surface area (Å²) >= 11 is 0. The van der Waals surface area contributed by atoms with Crippen molar-refractivity contribution in [2.75, 3.05) is 44.9 Å². The number of benzene rings is 1. The number of hydrogen-bond donors (Lipinski definition) is 2. The molecule has 0 fully saturated rings. The molecule has 0 bridgehead atoms. The number of aryl methyl sites for hydroxylation is 1. The zero-order valence-electron chi connectivity index (χ0n) is 14.6. The maximum Gasteiger partial charge on any atom is 0.229 e. The molecular weight excluding hydrogens is 302 g/mol. The predicted octanol–water partition coefficient (Wildman–Crippen LogP) is 2.91. The molecule has 1 aliphatic rings. The molecule has 1 aromatic carbocycles. The van der Waals surface area contributed by atoms with Gasteiger partial charge in [-0.1, -0.05) is 6.08 Å². The van der Waals surface area contributed by atoms with E-state index in [4.69, 9.17) is 4.74 Å². The Balaban J connectivity index is 1.91. The lowest BCUT2D eigenvalue weighted by molar-refractivity contribution is 0.412. The topological polar surface area (TPSA) is 62.3 Å². The number of likely N-dealkylation sites (N-methyl/N-ethyl adjacent to an activating group) is 1. The van der Waals surface area contributed by atoms with E-state index in [0.717, 1.165) is 41.6 Å². The van der Waals surface area contributed by atoms with E-state index in [0.29, 0.717) is 5.95 Å².